The van der Waals surface area contributed by atoms with Crippen LogP contribution in [0.1, 0.15) is 23.2 Å². The second-order valence-electron chi connectivity index (χ2n) is 6.59. The predicted octanol–water partition coefficient (Wildman–Crippen LogP) is 2.48. The molecule has 0 unspecified atom stereocenters. The fourth-order valence-corrected chi connectivity index (χ4v) is 4.69. The summed E-state index contributed by atoms with van der Waals surface area (Å²) < 4.78 is 27.9. The summed E-state index contributed by atoms with van der Waals surface area (Å²) in [5.41, 5.74) is 5.93. The van der Waals surface area contributed by atoms with Gasteiger partial charge in [0.05, 0.1) is 5.02 Å². The molecule has 0 saturated carbocycles. The number of likely N-dealkylation sites (tertiary alicyclic amines) is 1. The summed E-state index contributed by atoms with van der Waals surface area (Å²) in [5, 5.41) is 0.0208. The van der Waals surface area contributed by atoms with Crippen molar-refractivity contribution in [1.82, 2.24) is 4.90 Å². The molecule has 1 heterocycles. The first kappa shape index (κ1) is 20.2. The van der Waals surface area contributed by atoms with Gasteiger partial charge in [-0.25, -0.2) is 8.42 Å². The minimum absolute atomic E-state index is 0.0208. The maximum Gasteiger partial charge on any atom is 0.263 e. The SMILES string of the molecule is NC(=O)C1CCN(C(=O)c2ccc(Cl)c(S(=O)(=O)Nc3ccccc3)c2)CC1. The van der Waals surface area contributed by atoms with Crippen molar-refractivity contribution in [3.8, 4) is 0 Å². The van der Waals surface area contributed by atoms with Crippen molar-refractivity contribution < 1.29 is 18.0 Å². The molecule has 1 fully saturated rings. The lowest BCUT2D eigenvalue weighted by Gasteiger charge is -2.30. The largest absolute Gasteiger partial charge is 0.369 e. The van der Waals surface area contributed by atoms with Crippen LogP contribution in [-0.2, 0) is 14.8 Å². The number of sulfonamides is 1. The molecule has 1 aliphatic heterocycles. The Kier molecular flexibility index (Phi) is 5.90. The van der Waals surface area contributed by atoms with Gasteiger partial charge in [0.25, 0.3) is 15.9 Å². The van der Waals surface area contributed by atoms with E-state index in [2.05, 4.69) is 4.72 Å². The molecule has 2 amide bonds. The average molecular weight is 422 g/mol. The van der Waals surface area contributed by atoms with Crippen LogP contribution in [0.4, 0.5) is 5.69 Å². The van der Waals surface area contributed by atoms with Crippen molar-refractivity contribution in [1.29, 1.82) is 0 Å². The topological polar surface area (TPSA) is 110 Å². The average Bonchev–Trinajstić information content (AvgIpc) is 2.68. The monoisotopic (exact) mass is 421 g/mol. The van der Waals surface area contributed by atoms with Gasteiger partial charge in [0.1, 0.15) is 4.90 Å². The molecular weight excluding hydrogens is 402 g/mol. The molecule has 3 N–H and O–H groups in total. The Labute approximate surface area is 168 Å². The summed E-state index contributed by atoms with van der Waals surface area (Å²) in [4.78, 5) is 25.5. The van der Waals surface area contributed by atoms with E-state index in [1.165, 1.54) is 18.2 Å². The lowest BCUT2D eigenvalue weighted by atomic mass is 9.96. The van der Waals surface area contributed by atoms with Crippen LogP contribution in [0.2, 0.25) is 5.02 Å². The molecule has 2 aromatic rings. The van der Waals surface area contributed by atoms with Crippen LogP contribution in [0.5, 0.6) is 0 Å². The highest BCUT2D eigenvalue weighted by molar-refractivity contribution is 7.92. The van der Waals surface area contributed by atoms with Crippen LogP contribution in [0.15, 0.2) is 53.4 Å². The Balaban J connectivity index is 1.81. The van der Waals surface area contributed by atoms with Gasteiger partial charge >= 0.3 is 0 Å². The zero-order valence-corrected chi connectivity index (χ0v) is 16.5. The van der Waals surface area contributed by atoms with Crippen molar-refractivity contribution in [3.05, 3.63) is 59.1 Å². The summed E-state index contributed by atoms with van der Waals surface area (Å²) in [6.07, 6.45) is 0.991. The maximum atomic E-state index is 12.8. The number of para-hydroxylation sites is 1. The van der Waals surface area contributed by atoms with Crippen molar-refractivity contribution in [2.45, 2.75) is 17.7 Å². The standard InChI is InChI=1S/C19H20ClN3O4S/c20-16-7-6-14(19(25)23-10-8-13(9-11-23)18(21)24)12-17(16)28(26,27)22-15-4-2-1-3-5-15/h1-7,12-13,22H,8-11H2,(H2,21,24). The summed E-state index contributed by atoms with van der Waals surface area (Å²) in [7, 11) is -3.96. The van der Waals surface area contributed by atoms with E-state index in [1.807, 2.05) is 0 Å². The minimum atomic E-state index is -3.96. The number of halogens is 1. The van der Waals surface area contributed by atoms with Crippen LogP contribution in [0.3, 0.4) is 0 Å². The molecule has 0 aromatic heterocycles. The summed E-state index contributed by atoms with van der Waals surface area (Å²) in [5.74, 6) is -0.907. The highest BCUT2D eigenvalue weighted by Gasteiger charge is 2.28. The number of benzene rings is 2. The quantitative estimate of drug-likeness (QED) is 0.772. The first-order valence-corrected chi connectivity index (χ1v) is 10.6. The number of nitrogens with two attached hydrogens (primary N) is 1. The van der Waals surface area contributed by atoms with E-state index in [9.17, 15) is 18.0 Å². The van der Waals surface area contributed by atoms with Crippen molar-refractivity contribution in [2.24, 2.45) is 11.7 Å². The van der Waals surface area contributed by atoms with E-state index in [1.54, 1.807) is 35.2 Å². The Morgan fingerprint density at radius 1 is 1.07 bits per heavy atom. The summed E-state index contributed by atoms with van der Waals surface area (Å²) in [6.45, 7) is 0.777. The summed E-state index contributed by atoms with van der Waals surface area (Å²) >= 11 is 6.10. The van der Waals surface area contributed by atoms with Crippen LogP contribution in [0.25, 0.3) is 0 Å². The highest BCUT2D eigenvalue weighted by atomic mass is 35.5. The van der Waals surface area contributed by atoms with Crippen molar-refractivity contribution in [2.75, 3.05) is 17.8 Å². The van der Waals surface area contributed by atoms with Gasteiger partial charge < -0.3 is 10.6 Å². The van der Waals surface area contributed by atoms with Gasteiger partial charge in [-0.2, -0.15) is 0 Å². The van der Waals surface area contributed by atoms with Gasteiger partial charge in [0, 0.05) is 30.3 Å². The minimum Gasteiger partial charge on any atom is -0.369 e. The number of carbonyl (C=O) groups is 2. The number of piperidine rings is 1. The van der Waals surface area contributed by atoms with E-state index in [0.29, 0.717) is 31.6 Å². The van der Waals surface area contributed by atoms with Crippen LogP contribution >= 0.6 is 11.6 Å². The van der Waals surface area contributed by atoms with E-state index in [-0.39, 0.29) is 33.2 Å². The van der Waals surface area contributed by atoms with Gasteiger partial charge in [-0.1, -0.05) is 29.8 Å². The van der Waals surface area contributed by atoms with Crippen LogP contribution in [-0.4, -0.2) is 38.2 Å². The van der Waals surface area contributed by atoms with Crippen LogP contribution in [0, 0.1) is 5.92 Å². The van der Waals surface area contributed by atoms with Gasteiger partial charge in [-0.3, -0.25) is 14.3 Å². The third kappa shape index (κ3) is 4.45. The smallest absolute Gasteiger partial charge is 0.263 e. The molecule has 7 nitrogen and oxygen atoms in total. The third-order valence-corrected chi connectivity index (χ3v) is 6.54. The Hall–Kier alpha value is -2.58. The normalized spacial score (nSPS) is 15.2. The molecule has 0 radical (unpaired) electrons. The second-order valence-corrected chi connectivity index (χ2v) is 8.64. The Morgan fingerprint density at radius 3 is 2.32 bits per heavy atom. The van der Waals surface area contributed by atoms with Gasteiger partial charge in [0.15, 0.2) is 0 Å². The molecule has 9 heteroatoms. The zero-order valence-electron chi connectivity index (χ0n) is 15.0. The molecule has 0 bridgehead atoms. The number of carbonyl (C=O) groups excluding carboxylic acids is 2. The van der Waals surface area contributed by atoms with Gasteiger partial charge in [0.2, 0.25) is 5.91 Å². The molecular formula is C19H20ClN3O4S. The molecule has 2 aromatic carbocycles. The van der Waals surface area contributed by atoms with Gasteiger partial charge in [-0.05, 0) is 43.2 Å². The summed E-state index contributed by atoms with van der Waals surface area (Å²) in [6, 6.07) is 12.6. The molecule has 1 aliphatic rings. The number of anilines is 1. The highest BCUT2D eigenvalue weighted by Crippen LogP contribution is 2.26. The Bertz CT molecular complexity index is 987. The van der Waals surface area contributed by atoms with E-state index >= 15 is 0 Å². The molecule has 0 spiro atoms. The molecule has 28 heavy (non-hydrogen) atoms. The number of nitrogens with one attached hydrogen (secondary N) is 1. The number of hydrogen-bond acceptors (Lipinski definition) is 4. The van der Waals surface area contributed by atoms with E-state index in [4.69, 9.17) is 17.3 Å². The molecule has 148 valence electrons. The van der Waals surface area contributed by atoms with Crippen molar-refractivity contribution in [3.63, 3.8) is 0 Å². The number of hydrogen-bond donors (Lipinski definition) is 2. The lowest BCUT2D eigenvalue weighted by Crippen LogP contribution is -2.41. The number of primary amides is 1. The first-order valence-electron chi connectivity index (χ1n) is 8.74. The molecule has 0 atom stereocenters. The molecule has 0 aliphatic carbocycles. The zero-order chi connectivity index (χ0) is 20.3. The van der Waals surface area contributed by atoms with Gasteiger partial charge in [-0.15, -0.1) is 0 Å². The third-order valence-electron chi connectivity index (χ3n) is 4.68. The number of rotatable bonds is 5. The van der Waals surface area contributed by atoms with Crippen LogP contribution < -0.4 is 10.5 Å². The second kappa shape index (κ2) is 8.20. The fraction of sp³-hybridized carbons (Fsp3) is 0.263. The van der Waals surface area contributed by atoms with E-state index in [0.717, 1.165) is 0 Å². The van der Waals surface area contributed by atoms with E-state index < -0.39 is 10.0 Å². The molecule has 1 saturated heterocycles. The fourth-order valence-electron chi connectivity index (χ4n) is 3.11. The first-order chi connectivity index (χ1) is 13.3. The number of nitrogens with zero attached hydrogens (tertiary/aromatic N) is 1. The maximum absolute atomic E-state index is 12.8. The lowest BCUT2D eigenvalue weighted by molar-refractivity contribution is -0.123. The molecule has 3 rings (SSSR count). The van der Waals surface area contributed by atoms with Crippen molar-refractivity contribution >= 4 is 39.1 Å². The predicted molar refractivity (Wildman–Crippen MR) is 107 cm³/mol. The Morgan fingerprint density at radius 2 is 1.71 bits per heavy atom. The number of amides is 2.